The lowest BCUT2D eigenvalue weighted by Crippen LogP contribution is -2.29. The predicted octanol–water partition coefficient (Wildman–Crippen LogP) is 5.48. The average Bonchev–Trinajstić information content (AvgIpc) is 3.24. The van der Waals surface area contributed by atoms with E-state index in [4.69, 9.17) is 11.6 Å². The van der Waals surface area contributed by atoms with Gasteiger partial charge in [0.05, 0.1) is 5.57 Å². The summed E-state index contributed by atoms with van der Waals surface area (Å²) >= 11 is 7.36. The molecular formula is C22H15ClFNO3S. The summed E-state index contributed by atoms with van der Waals surface area (Å²) in [6, 6.07) is 12.8. The molecule has 1 aliphatic rings. The fourth-order valence-electron chi connectivity index (χ4n) is 3.38. The average molecular weight is 428 g/mol. The molecule has 0 saturated carbocycles. The first-order chi connectivity index (χ1) is 13.9. The van der Waals surface area contributed by atoms with Crippen molar-refractivity contribution < 1.29 is 19.1 Å². The molecule has 4 nitrogen and oxygen atoms in total. The molecule has 1 saturated heterocycles. The third kappa shape index (κ3) is 3.34. The van der Waals surface area contributed by atoms with Crippen LogP contribution in [0, 0.1) is 12.7 Å². The molecule has 1 atom stereocenters. The first kappa shape index (κ1) is 19.4. The van der Waals surface area contributed by atoms with Gasteiger partial charge in [-0.25, -0.2) is 4.39 Å². The van der Waals surface area contributed by atoms with E-state index < -0.39 is 23.5 Å². The van der Waals surface area contributed by atoms with Crippen molar-refractivity contribution in [2.24, 2.45) is 0 Å². The number of rotatable bonds is 3. The van der Waals surface area contributed by atoms with Gasteiger partial charge in [0.15, 0.2) is 0 Å². The molecule has 4 rings (SSSR count). The maximum Gasteiger partial charge on any atom is 0.300 e. The molecule has 0 aliphatic carbocycles. The number of carbonyl (C=O) groups excluding carboxylic acids is 2. The lowest BCUT2D eigenvalue weighted by molar-refractivity contribution is -0.132. The summed E-state index contributed by atoms with van der Waals surface area (Å²) in [5, 5.41) is 13.3. The highest BCUT2D eigenvalue weighted by Gasteiger charge is 2.47. The molecule has 2 heterocycles. The highest BCUT2D eigenvalue weighted by Crippen LogP contribution is 2.44. The maximum atomic E-state index is 13.3. The summed E-state index contributed by atoms with van der Waals surface area (Å²) in [5.41, 5.74) is 1.63. The van der Waals surface area contributed by atoms with E-state index >= 15 is 0 Å². The third-order valence-corrected chi connectivity index (χ3v) is 6.14. The fraction of sp³-hybridized carbons (Fsp3) is 0.0909. The molecule has 0 radical (unpaired) electrons. The summed E-state index contributed by atoms with van der Waals surface area (Å²) in [6.07, 6.45) is 0. The molecule has 1 aromatic heterocycles. The second-order valence-corrected chi connectivity index (χ2v) is 8.00. The predicted molar refractivity (Wildman–Crippen MR) is 112 cm³/mol. The quantitative estimate of drug-likeness (QED) is 0.342. The SMILES string of the molecule is Cc1ccsc1C1/C(=C(/O)c2ccc(F)cc2)C(=O)C(=O)N1c1ccc(Cl)cc1. The molecule has 7 heteroatoms. The zero-order valence-electron chi connectivity index (χ0n) is 15.2. The molecule has 1 aliphatic heterocycles. The second-order valence-electron chi connectivity index (χ2n) is 6.62. The van der Waals surface area contributed by atoms with E-state index in [0.29, 0.717) is 10.7 Å². The zero-order valence-corrected chi connectivity index (χ0v) is 16.8. The molecule has 1 amide bonds. The number of hydrogen-bond acceptors (Lipinski definition) is 4. The summed E-state index contributed by atoms with van der Waals surface area (Å²) in [7, 11) is 0. The van der Waals surface area contributed by atoms with Gasteiger partial charge in [-0.2, -0.15) is 0 Å². The Morgan fingerprint density at radius 2 is 1.72 bits per heavy atom. The van der Waals surface area contributed by atoms with Crippen LogP contribution in [0.25, 0.3) is 5.76 Å². The Kier molecular flexibility index (Phi) is 4.98. The first-order valence-corrected chi connectivity index (χ1v) is 10.0. The van der Waals surface area contributed by atoms with E-state index in [1.165, 1.54) is 40.5 Å². The van der Waals surface area contributed by atoms with Gasteiger partial charge in [0.1, 0.15) is 17.6 Å². The lowest BCUT2D eigenvalue weighted by atomic mass is 9.98. The van der Waals surface area contributed by atoms with Gasteiger partial charge in [0.25, 0.3) is 11.7 Å². The molecule has 3 aromatic rings. The second kappa shape index (κ2) is 7.46. The fourth-order valence-corrected chi connectivity index (χ4v) is 4.53. The molecule has 29 heavy (non-hydrogen) atoms. The number of aliphatic hydroxyl groups excluding tert-OH is 1. The van der Waals surface area contributed by atoms with Crippen LogP contribution in [0.2, 0.25) is 5.02 Å². The monoisotopic (exact) mass is 427 g/mol. The molecule has 2 aromatic carbocycles. The van der Waals surface area contributed by atoms with Crippen molar-refractivity contribution in [2.45, 2.75) is 13.0 Å². The highest BCUT2D eigenvalue weighted by atomic mass is 35.5. The highest BCUT2D eigenvalue weighted by molar-refractivity contribution is 7.10. The van der Waals surface area contributed by atoms with Crippen molar-refractivity contribution in [3.05, 3.63) is 92.4 Å². The first-order valence-electron chi connectivity index (χ1n) is 8.75. The number of aryl methyl sites for hydroxylation is 1. The van der Waals surface area contributed by atoms with Gasteiger partial charge in [-0.1, -0.05) is 11.6 Å². The standard InChI is InChI=1S/C22H15ClFNO3S/c1-12-10-11-29-21(12)18-17(19(26)13-2-6-15(24)7-3-13)20(27)22(28)25(18)16-8-4-14(23)5-9-16/h2-11,18,26H,1H3/b19-17-. The zero-order chi connectivity index (χ0) is 20.7. The summed E-state index contributed by atoms with van der Waals surface area (Å²) < 4.78 is 13.3. The van der Waals surface area contributed by atoms with Crippen LogP contribution >= 0.6 is 22.9 Å². The minimum absolute atomic E-state index is 0.0258. The van der Waals surface area contributed by atoms with Gasteiger partial charge in [-0.3, -0.25) is 14.5 Å². The van der Waals surface area contributed by atoms with Crippen LogP contribution in [-0.2, 0) is 9.59 Å². The van der Waals surface area contributed by atoms with Gasteiger partial charge in [0.2, 0.25) is 0 Å². The van der Waals surface area contributed by atoms with Crippen molar-refractivity contribution in [3.63, 3.8) is 0 Å². The van der Waals surface area contributed by atoms with Crippen LogP contribution in [0.4, 0.5) is 10.1 Å². The normalized spacial score (nSPS) is 18.4. The van der Waals surface area contributed by atoms with Crippen molar-refractivity contribution in [1.29, 1.82) is 0 Å². The Balaban J connectivity index is 1.94. The van der Waals surface area contributed by atoms with Crippen molar-refractivity contribution in [3.8, 4) is 0 Å². The van der Waals surface area contributed by atoms with Crippen molar-refractivity contribution >= 4 is 46.1 Å². The van der Waals surface area contributed by atoms with E-state index in [1.807, 2.05) is 18.4 Å². The number of amides is 1. The number of aliphatic hydroxyl groups is 1. The summed E-state index contributed by atoms with van der Waals surface area (Å²) in [6.45, 7) is 1.88. The number of halogens is 2. The molecule has 0 bridgehead atoms. The maximum absolute atomic E-state index is 13.3. The van der Waals surface area contributed by atoms with Crippen LogP contribution in [-0.4, -0.2) is 16.8 Å². The van der Waals surface area contributed by atoms with E-state index in [0.717, 1.165) is 10.4 Å². The lowest BCUT2D eigenvalue weighted by Gasteiger charge is -2.25. The van der Waals surface area contributed by atoms with Gasteiger partial charge in [0, 0.05) is 21.2 Å². The van der Waals surface area contributed by atoms with Crippen LogP contribution in [0.5, 0.6) is 0 Å². The Labute approximate surface area is 175 Å². The van der Waals surface area contributed by atoms with Gasteiger partial charge >= 0.3 is 0 Å². The molecule has 146 valence electrons. The number of hydrogen-bond donors (Lipinski definition) is 1. The molecular weight excluding hydrogens is 413 g/mol. The number of Topliss-reactive ketones (excluding diaryl/α,β-unsaturated/α-hetero) is 1. The van der Waals surface area contributed by atoms with Crippen molar-refractivity contribution in [2.75, 3.05) is 4.90 Å². The number of thiophene rings is 1. The Hall–Kier alpha value is -2.96. The minimum Gasteiger partial charge on any atom is -0.507 e. The largest absolute Gasteiger partial charge is 0.507 e. The number of benzene rings is 2. The van der Waals surface area contributed by atoms with Crippen LogP contribution in [0.1, 0.15) is 22.0 Å². The van der Waals surface area contributed by atoms with Crippen LogP contribution in [0.15, 0.2) is 65.6 Å². The minimum atomic E-state index is -0.792. The summed E-state index contributed by atoms with van der Waals surface area (Å²) in [5.74, 6) is -2.33. The van der Waals surface area contributed by atoms with Gasteiger partial charge < -0.3 is 5.11 Å². The van der Waals surface area contributed by atoms with Crippen molar-refractivity contribution in [1.82, 2.24) is 0 Å². The molecule has 0 spiro atoms. The molecule has 1 unspecified atom stereocenters. The topological polar surface area (TPSA) is 57.6 Å². The Bertz CT molecular complexity index is 1140. The van der Waals surface area contributed by atoms with Crippen LogP contribution < -0.4 is 4.90 Å². The Morgan fingerprint density at radius 3 is 2.31 bits per heavy atom. The Morgan fingerprint density at radius 1 is 1.07 bits per heavy atom. The number of nitrogens with zero attached hydrogens (tertiary/aromatic N) is 1. The van der Waals surface area contributed by atoms with E-state index in [1.54, 1.807) is 24.3 Å². The van der Waals surface area contributed by atoms with E-state index in [-0.39, 0.29) is 16.9 Å². The van der Waals surface area contributed by atoms with E-state index in [9.17, 15) is 19.1 Å². The number of anilines is 1. The summed E-state index contributed by atoms with van der Waals surface area (Å²) in [4.78, 5) is 28.0. The molecule has 1 fully saturated rings. The van der Waals surface area contributed by atoms with Gasteiger partial charge in [-0.15, -0.1) is 11.3 Å². The third-order valence-electron chi connectivity index (χ3n) is 4.82. The number of ketones is 1. The van der Waals surface area contributed by atoms with E-state index in [2.05, 4.69) is 0 Å². The number of carbonyl (C=O) groups is 2. The smallest absolute Gasteiger partial charge is 0.300 e. The van der Waals surface area contributed by atoms with Crippen LogP contribution in [0.3, 0.4) is 0 Å². The van der Waals surface area contributed by atoms with Gasteiger partial charge in [-0.05, 0) is 72.5 Å². The molecule has 1 N–H and O–H groups in total.